The van der Waals surface area contributed by atoms with Crippen LogP contribution in [0.15, 0.2) is 72.8 Å². The van der Waals surface area contributed by atoms with E-state index in [1.54, 1.807) is 25.3 Å². The molecule has 5 heteroatoms. The average Bonchev–Trinajstić information content (AvgIpc) is 3.21. The number of nitrogens with one attached hydrogen (secondary N) is 1. The fourth-order valence-electron chi connectivity index (χ4n) is 2.94. The van der Waals surface area contributed by atoms with Crippen LogP contribution in [0, 0.1) is 0 Å². The van der Waals surface area contributed by atoms with E-state index in [9.17, 15) is 4.79 Å². The molecule has 1 aliphatic rings. The van der Waals surface area contributed by atoms with Crippen molar-refractivity contribution in [1.82, 2.24) is 0 Å². The number of anilines is 1. The molecule has 0 atom stereocenters. The highest BCUT2D eigenvalue weighted by Gasteiger charge is 2.16. The fraction of sp³-hybridized carbons (Fsp3) is 0.0870. The zero-order chi connectivity index (χ0) is 19.3. The molecule has 3 aromatic carbocycles. The minimum Gasteiger partial charge on any atom is -0.497 e. The van der Waals surface area contributed by atoms with Crippen LogP contribution in [0.25, 0.3) is 11.6 Å². The number of fused-ring (bicyclic) bond motifs is 1. The smallest absolute Gasteiger partial charge is 0.256 e. The topological polar surface area (TPSA) is 56.8 Å². The molecule has 0 saturated heterocycles. The van der Waals surface area contributed by atoms with E-state index in [-0.39, 0.29) is 12.7 Å². The first-order chi connectivity index (χ1) is 13.7. The minimum atomic E-state index is -0.208. The van der Waals surface area contributed by atoms with Crippen molar-refractivity contribution in [2.45, 2.75) is 0 Å². The van der Waals surface area contributed by atoms with E-state index in [1.165, 1.54) is 0 Å². The van der Waals surface area contributed by atoms with E-state index in [1.807, 2.05) is 60.7 Å². The highest BCUT2D eigenvalue weighted by molar-refractivity contribution is 6.29. The lowest BCUT2D eigenvalue weighted by Crippen LogP contribution is -2.13. The van der Waals surface area contributed by atoms with Crippen molar-refractivity contribution in [3.8, 4) is 17.2 Å². The largest absolute Gasteiger partial charge is 0.497 e. The summed E-state index contributed by atoms with van der Waals surface area (Å²) in [4.78, 5) is 13.1. The Kier molecular flexibility index (Phi) is 4.97. The van der Waals surface area contributed by atoms with Crippen molar-refractivity contribution < 1.29 is 19.0 Å². The molecule has 1 N–H and O–H groups in total. The summed E-state index contributed by atoms with van der Waals surface area (Å²) in [6.45, 7) is 0.194. The van der Waals surface area contributed by atoms with Gasteiger partial charge in [0, 0.05) is 17.3 Å². The van der Waals surface area contributed by atoms with Gasteiger partial charge in [-0.15, -0.1) is 0 Å². The summed E-state index contributed by atoms with van der Waals surface area (Å²) in [5.41, 5.74) is 2.94. The summed E-state index contributed by atoms with van der Waals surface area (Å²) in [5.74, 6) is 1.86. The number of methoxy groups -OCH3 is 1. The molecule has 1 aliphatic heterocycles. The molecule has 1 amide bonds. The lowest BCUT2D eigenvalue weighted by atomic mass is 10.0. The number of carbonyl (C=O) groups is 1. The van der Waals surface area contributed by atoms with Gasteiger partial charge in [-0.05, 0) is 41.5 Å². The van der Waals surface area contributed by atoms with Crippen LogP contribution in [0.2, 0.25) is 0 Å². The van der Waals surface area contributed by atoms with Crippen molar-refractivity contribution in [2.24, 2.45) is 0 Å². The van der Waals surface area contributed by atoms with Crippen LogP contribution in [-0.4, -0.2) is 19.8 Å². The minimum absolute atomic E-state index is 0.194. The van der Waals surface area contributed by atoms with Crippen molar-refractivity contribution >= 4 is 23.2 Å². The fourth-order valence-corrected chi connectivity index (χ4v) is 2.94. The van der Waals surface area contributed by atoms with Gasteiger partial charge in [-0.1, -0.05) is 42.5 Å². The maximum absolute atomic E-state index is 13.1. The molecule has 0 aromatic heterocycles. The first-order valence-electron chi connectivity index (χ1n) is 8.85. The molecule has 0 radical (unpaired) electrons. The Labute approximate surface area is 163 Å². The second-order valence-electron chi connectivity index (χ2n) is 6.22. The third kappa shape index (κ3) is 3.83. The molecule has 4 rings (SSSR count). The van der Waals surface area contributed by atoms with Crippen molar-refractivity contribution in [2.75, 3.05) is 19.2 Å². The van der Waals surface area contributed by atoms with Crippen LogP contribution in [-0.2, 0) is 4.79 Å². The number of carbonyl (C=O) groups excluding carboxylic acids is 1. The zero-order valence-electron chi connectivity index (χ0n) is 15.3. The molecule has 28 heavy (non-hydrogen) atoms. The van der Waals surface area contributed by atoms with Gasteiger partial charge in [0.2, 0.25) is 6.79 Å². The third-order valence-electron chi connectivity index (χ3n) is 4.39. The Morgan fingerprint density at radius 3 is 2.46 bits per heavy atom. The number of ether oxygens (including phenoxy) is 3. The second kappa shape index (κ2) is 7.88. The van der Waals surface area contributed by atoms with E-state index >= 15 is 0 Å². The first kappa shape index (κ1) is 17.7. The van der Waals surface area contributed by atoms with Gasteiger partial charge >= 0.3 is 0 Å². The Balaban J connectivity index is 1.64. The van der Waals surface area contributed by atoms with E-state index in [2.05, 4.69) is 5.32 Å². The molecule has 1 heterocycles. The van der Waals surface area contributed by atoms with E-state index in [0.29, 0.717) is 22.8 Å². The molecule has 3 aromatic rings. The van der Waals surface area contributed by atoms with Gasteiger partial charge in [-0.2, -0.15) is 0 Å². The van der Waals surface area contributed by atoms with Crippen LogP contribution < -0.4 is 19.5 Å². The maximum Gasteiger partial charge on any atom is 0.256 e. The van der Waals surface area contributed by atoms with E-state index in [4.69, 9.17) is 14.2 Å². The standard InChI is InChI=1S/C23H19NO4/c1-26-19-10-7-16(8-11-19)13-20(17-5-3-2-4-6-17)23(25)24-18-9-12-21-22(14-18)28-15-27-21/h2-14H,15H2,1H3,(H,24,25)/b20-13+. The maximum atomic E-state index is 13.1. The monoisotopic (exact) mass is 373 g/mol. The first-order valence-corrected chi connectivity index (χ1v) is 8.85. The van der Waals surface area contributed by atoms with Gasteiger partial charge in [0.1, 0.15) is 5.75 Å². The van der Waals surface area contributed by atoms with Crippen LogP contribution in [0.5, 0.6) is 17.2 Å². The highest BCUT2D eigenvalue weighted by Crippen LogP contribution is 2.34. The summed E-state index contributed by atoms with van der Waals surface area (Å²) in [5, 5.41) is 2.95. The summed E-state index contributed by atoms with van der Waals surface area (Å²) >= 11 is 0. The second-order valence-corrected chi connectivity index (χ2v) is 6.22. The lowest BCUT2D eigenvalue weighted by Gasteiger charge is -2.11. The number of benzene rings is 3. The van der Waals surface area contributed by atoms with Gasteiger partial charge in [0.15, 0.2) is 11.5 Å². The number of hydrogen-bond donors (Lipinski definition) is 1. The molecule has 0 fully saturated rings. The van der Waals surface area contributed by atoms with Gasteiger partial charge in [0.25, 0.3) is 5.91 Å². The molecule has 0 unspecified atom stereocenters. The van der Waals surface area contributed by atoms with Gasteiger partial charge in [0.05, 0.1) is 7.11 Å². The SMILES string of the molecule is COc1ccc(/C=C(/C(=O)Nc2ccc3c(c2)OCO3)c2ccccc2)cc1. The number of amides is 1. The molecule has 0 bridgehead atoms. The molecule has 5 nitrogen and oxygen atoms in total. The summed E-state index contributed by atoms with van der Waals surface area (Å²) in [6, 6.07) is 22.5. The van der Waals surface area contributed by atoms with Crippen molar-refractivity contribution in [3.63, 3.8) is 0 Å². The Morgan fingerprint density at radius 1 is 0.964 bits per heavy atom. The van der Waals surface area contributed by atoms with Crippen LogP contribution in [0.4, 0.5) is 5.69 Å². The molecule has 0 aliphatic carbocycles. The number of rotatable bonds is 5. The predicted octanol–water partition coefficient (Wildman–Crippen LogP) is 4.60. The van der Waals surface area contributed by atoms with Gasteiger partial charge in [-0.25, -0.2) is 0 Å². The molecule has 0 spiro atoms. The van der Waals surface area contributed by atoms with Gasteiger partial charge < -0.3 is 19.5 Å². The van der Waals surface area contributed by atoms with E-state index < -0.39 is 0 Å². The molecule has 0 saturated carbocycles. The summed E-state index contributed by atoms with van der Waals surface area (Å²) < 4.78 is 15.9. The summed E-state index contributed by atoms with van der Waals surface area (Å²) in [7, 11) is 1.62. The number of hydrogen-bond acceptors (Lipinski definition) is 4. The van der Waals surface area contributed by atoms with Crippen molar-refractivity contribution in [3.05, 3.63) is 83.9 Å². The Bertz CT molecular complexity index is 1010. The molecule has 140 valence electrons. The zero-order valence-corrected chi connectivity index (χ0v) is 15.3. The van der Waals surface area contributed by atoms with Crippen LogP contribution in [0.3, 0.4) is 0 Å². The average molecular weight is 373 g/mol. The van der Waals surface area contributed by atoms with Crippen LogP contribution >= 0.6 is 0 Å². The quantitative estimate of drug-likeness (QED) is 0.524. The van der Waals surface area contributed by atoms with Crippen LogP contribution in [0.1, 0.15) is 11.1 Å². The predicted molar refractivity (Wildman–Crippen MR) is 109 cm³/mol. The van der Waals surface area contributed by atoms with Crippen molar-refractivity contribution in [1.29, 1.82) is 0 Å². The Hall–Kier alpha value is -3.73. The summed E-state index contributed by atoms with van der Waals surface area (Å²) in [6.07, 6.45) is 1.86. The lowest BCUT2D eigenvalue weighted by molar-refractivity contribution is -0.111. The third-order valence-corrected chi connectivity index (χ3v) is 4.39. The van der Waals surface area contributed by atoms with E-state index in [0.717, 1.165) is 16.9 Å². The normalized spacial score (nSPS) is 12.5. The highest BCUT2D eigenvalue weighted by atomic mass is 16.7. The van der Waals surface area contributed by atoms with Gasteiger partial charge in [-0.3, -0.25) is 4.79 Å². The Morgan fingerprint density at radius 2 is 1.71 bits per heavy atom. The molecular weight excluding hydrogens is 354 g/mol. The molecular formula is C23H19NO4.